The van der Waals surface area contributed by atoms with Crippen molar-refractivity contribution in [3.63, 3.8) is 0 Å². The average molecular weight is 307 g/mol. The van der Waals surface area contributed by atoms with Crippen molar-refractivity contribution >= 4 is 28.6 Å². The number of hydrogen-bond donors (Lipinski definition) is 1. The molecule has 0 saturated heterocycles. The van der Waals surface area contributed by atoms with Gasteiger partial charge in [0.05, 0.1) is 12.2 Å². The molecular weight excluding hydrogens is 290 g/mol. The summed E-state index contributed by atoms with van der Waals surface area (Å²) >= 11 is 3.34. The number of aromatic nitrogens is 1. The smallest absolute Gasteiger partial charge is 0.234 e. The van der Waals surface area contributed by atoms with Crippen LogP contribution in [0.15, 0.2) is 22.2 Å². The van der Waals surface area contributed by atoms with Crippen LogP contribution in [0.4, 0.5) is 0 Å². The molecule has 0 bridgehead atoms. The standard InChI is InChI=1S/C14H17N3OS2/c1-17(7-13(18)15-11-2-3-11)6-12-9-20-14(16-12)10-4-5-19-8-10/h4-5,8-9,11H,2-3,6-7H2,1H3,(H,15,18). The minimum atomic E-state index is 0.114. The third-order valence-corrected chi connectivity index (χ3v) is 4.73. The van der Waals surface area contributed by atoms with Gasteiger partial charge in [-0.2, -0.15) is 11.3 Å². The molecule has 0 spiro atoms. The number of carbonyl (C=O) groups is 1. The van der Waals surface area contributed by atoms with E-state index < -0.39 is 0 Å². The lowest BCUT2D eigenvalue weighted by Crippen LogP contribution is -2.35. The second-order valence-corrected chi connectivity index (χ2v) is 6.81. The summed E-state index contributed by atoms with van der Waals surface area (Å²) in [5.41, 5.74) is 2.21. The van der Waals surface area contributed by atoms with E-state index in [-0.39, 0.29) is 5.91 Å². The highest BCUT2D eigenvalue weighted by atomic mass is 32.1. The van der Waals surface area contributed by atoms with E-state index in [1.165, 1.54) is 5.56 Å². The molecule has 4 nitrogen and oxygen atoms in total. The van der Waals surface area contributed by atoms with E-state index in [0.717, 1.165) is 23.5 Å². The van der Waals surface area contributed by atoms with E-state index in [9.17, 15) is 4.79 Å². The highest BCUT2D eigenvalue weighted by Gasteiger charge is 2.23. The summed E-state index contributed by atoms with van der Waals surface area (Å²) in [6.45, 7) is 1.14. The molecule has 2 heterocycles. The lowest BCUT2D eigenvalue weighted by Gasteiger charge is -2.14. The zero-order chi connectivity index (χ0) is 13.9. The van der Waals surface area contributed by atoms with E-state index in [4.69, 9.17) is 0 Å². The van der Waals surface area contributed by atoms with Gasteiger partial charge < -0.3 is 5.32 Å². The Morgan fingerprint density at radius 2 is 2.35 bits per heavy atom. The number of thiophene rings is 1. The first-order valence-electron chi connectivity index (χ1n) is 6.65. The van der Waals surface area contributed by atoms with Gasteiger partial charge in [0, 0.05) is 28.9 Å². The number of carbonyl (C=O) groups excluding carboxylic acids is 1. The first-order chi connectivity index (χ1) is 9.70. The molecule has 1 aliphatic carbocycles. The number of thiazole rings is 1. The number of nitrogens with zero attached hydrogens (tertiary/aromatic N) is 2. The predicted molar refractivity (Wildman–Crippen MR) is 82.9 cm³/mol. The zero-order valence-corrected chi connectivity index (χ0v) is 13.0. The number of hydrogen-bond acceptors (Lipinski definition) is 5. The number of amides is 1. The molecule has 0 atom stereocenters. The molecule has 1 saturated carbocycles. The van der Waals surface area contributed by atoms with E-state index in [2.05, 4.69) is 32.5 Å². The van der Waals surface area contributed by atoms with Crippen molar-refractivity contribution in [3.05, 3.63) is 27.9 Å². The second kappa shape index (κ2) is 6.03. The van der Waals surface area contributed by atoms with Crippen molar-refractivity contribution in [1.82, 2.24) is 15.2 Å². The lowest BCUT2D eigenvalue weighted by molar-refractivity contribution is -0.122. The Kier molecular flexibility index (Phi) is 4.14. The van der Waals surface area contributed by atoms with Crippen LogP contribution in [-0.2, 0) is 11.3 Å². The van der Waals surface area contributed by atoms with E-state index >= 15 is 0 Å². The van der Waals surface area contributed by atoms with Crippen LogP contribution in [0.2, 0.25) is 0 Å². The minimum absolute atomic E-state index is 0.114. The maximum Gasteiger partial charge on any atom is 0.234 e. The Hall–Kier alpha value is -1.24. The molecule has 3 rings (SSSR count). The van der Waals surface area contributed by atoms with Crippen molar-refractivity contribution < 1.29 is 4.79 Å². The van der Waals surface area contributed by atoms with Crippen LogP contribution in [0.5, 0.6) is 0 Å². The van der Waals surface area contributed by atoms with Crippen LogP contribution in [-0.4, -0.2) is 35.4 Å². The number of likely N-dealkylation sites (N-methyl/N-ethyl adjacent to an activating group) is 1. The fraction of sp³-hybridized carbons (Fsp3) is 0.429. The first kappa shape index (κ1) is 13.7. The van der Waals surface area contributed by atoms with Gasteiger partial charge in [0.1, 0.15) is 5.01 Å². The van der Waals surface area contributed by atoms with Crippen LogP contribution in [0.1, 0.15) is 18.5 Å². The number of nitrogens with one attached hydrogen (secondary N) is 1. The zero-order valence-electron chi connectivity index (χ0n) is 11.3. The molecule has 1 fully saturated rings. The molecule has 106 valence electrons. The van der Waals surface area contributed by atoms with Gasteiger partial charge in [0.15, 0.2) is 0 Å². The summed E-state index contributed by atoms with van der Waals surface area (Å²) in [5, 5.41) is 10.3. The Labute approximate surface area is 126 Å². The van der Waals surface area contributed by atoms with Crippen LogP contribution in [0.25, 0.3) is 10.6 Å². The van der Waals surface area contributed by atoms with Crippen LogP contribution in [0, 0.1) is 0 Å². The lowest BCUT2D eigenvalue weighted by atomic mass is 10.3. The third kappa shape index (κ3) is 3.65. The first-order valence-corrected chi connectivity index (χ1v) is 8.48. The predicted octanol–water partition coefficient (Wildman–Crippen LogP) is 2.58. The summed E-state index contributed by atoms with van der Waals surface area (Å²) in [6.07, 6.45) is 2.26. The maximum absolute atomic E-state index is 11.7. The van der Waals surface area contributed by atoms with Gasteiger partial charge in [-0.3, -0.25) is 9.69 Å². The largest absolute Gasteiger partial charge is 0.352 e. The van der Waals surface area contributed by atoms with Crippen molar-refractivity contribution in [2.24, 2.45) is 0 Å². The van der Waals surface area contributed by atoms with Crippen LogP contribution >= 0.6 is 22.7 Å². The number of rotatable bonds is 6. The Balaban J connectivity index is 1.53. The van der Waals surface area contributed by atoms with Crippen molar-refractivity contribution in [3.8, 4) is 10.6 Å². The molecule has 0 unspecified atom stereocenters. The monoisotopic (exact) mass is 307 g/mol. The van der Waals surface area contributed by atoms with Gasteiger partial charge in [-0.1, -0.05) is 0 Å². The van der Waals surface area contributed by atoms with Gasteiger partial charge in [-0.15, -0.1) is 11.3 Å². The Morgan fingerprint density at radius 1 is 1.50 bits per heavy atom. The molecule has 0 radical (unpaired) electrons. The normalized spacial score (nSPS) is 14.7. The second-order valence-electron chi connectivity index (χ2n) is 5.17. The van der Waals surface area contributed by atoms with Gasteiger partial charge in [0.2, 0.25) is 5.91 Å². The molecule has 2 aromatic heterocycles. The summed E-state index contributed by atoms with van der Waals surface area (Å²) in [6, 6.07) is 2.51. The molecule has 1 aliphatic rings. The highest BCUT2D eigenvalue weighted by Crippen LogP contribution is 2.26. The Morgan fingerprint density at radius 3 is 3.05 bits per heavy atom. The van der Waals surface area contributed by atoms with Crippen molar-refractivity contribution in [2.75, 3.05) is 13.6 Å². The van der Waals surface area contributed by atoms with Gasteiger partial charge >= 0.3 is 0 Å². The highest BCUT2D eigenvalue weighted by molar-refractivity contribution is 7.14. The molecule has 20 heavy (non-hydrogen) atoms. The molecular formula is C14H17N3OS2. The average Bonchev–Trinajstić information content (AvgIpc) is 2.92. The van der Waals surface area contributed by atoms with E-state index in [1.807, 2.05) is 11.9 Å². The van der Waals surface area contributed by atoms with Crippen LogP contribution in [0.3, 0.4) is 0 Å². The fourth-order valence-corrected chi connectivity index (χ4v) is 3.50. The summed E-state index contributed by atoms with van der Waals surface area (Å²) < 4.78 is 0. The summed E-state index contributed by atoms with van der Waals surface area (Å²) in [7, 11) is 1.95. The Bertz CT molecular complexity index is 575. The molecule has 2 aromatic rings. The van der Waals surface area contributed by atoms with E-state index in [1.54, 1.807) is 22.7 Å². The molecule has 6 heteroatoms. The van der Waals surface area contributed by atoms with Crippen molar-refractivity contribution in [1.29, 1.82) is 0 Å². The third-order valence-electron chi connectivity index (χ3n) is 3.11. The van der Waals surface area contributed by atoms with E-state index in [0.29, 0.717) is 19.1 Å². The van der Waals surface area contributed by atoms with Crippen LogP contribution < -0.4 is 5.32 Å². The topological polar surface area (TPSA) is 45.2 Å². The molecule has 0 aliphatic heterocycles. The molecule has 0 aromatic carbocycles. The summed E-state index contributed by atoms with van der Waals surface area (Å²) in [5.74, 6) is 0.114. The van der Waals surface area contributed by atoms with Gasteiger partial charge in [0.25, 0.3) is 0 Å². The SMILES string of the molecule is CN(CC(=O)NC1CC1)Cc1csc(-c2ccsc2)n1. The quantitative estimate of drug-likeness (QED) is 0.892. The van der Waals surface area contributed by atoms with Gasteiger partial charge in [-0.05, 0) is 31.3 Å². The molecule has 1 amide bonds. The fourth-order valence-electron chi connectivity index (χ4n) is 1.98. The minimum Gasteiger partial charge on any atom is -0.352 e. The molecule has 1 N–H and O–H groups in total. The van der Waals surface area contributed by atoms with Gasteiger partial charge in [-0.25, -0.2) is 4.98 Å². The van der Waals surface area contributed by atoms with Crippen molar-refractivity contribution in [2.45, 2.75) is 25.4 Å². The summed E-state index contributed by atoms with van der Waals surface area (Å²) in [4.78, 5) is 18.3. The maximum atomic E-state index is 11.7.